The number of halogens is 1. The topological polar surface area (TPSA) is 62.1 Å². The molecule has 0 aliphatic rings. The molecule has 2 aromatic heterocycles. The van der Waals surface area contributed by atoms with Crippen LogP contribution < -0.4 is 0 Å². The molecule has 2 aromatic rings. The lowest BCUT2D eigenvalue weighted by molar-refractivity contribution is 0.175. The van der Waals surface area contributed by atoms with Gasteiger partial charge in [-0.05, 0) is 22.0 Å². The zero-order valence-electron chi connectivity index (χ0n) is 7.27. The van der Waals surface area contributed by atoms with E-state index in [0.717, 1.165) is 11.4 Å². The van der Waals surface area contributed by atoms with Gasteiger partial charge < -0.3 is 14.5 Å². The second kappa shape index (κ2) is 3.98. The predicted molar refractivity (Wildman–Crippen MR) is 53.7 cm³/mol. The molecule has 0 amide bonds. The Morgan fingerprint density at radius 1 is 1.64 bits per heavy atom. The van der Waals surface area contributed by atoms with Crippen LogP contribution in [0.4, 0.5) is 0 Å². The molecular formula is C9H9BrN2O2. The van der Waals surface area contributed by atoms with Crippen LogP contribution in [0.3, 0.4) is 0 Å². The van der Waals surface area contributed by atoms with E-state index >= 15 is 0 Å². The van der Waals surface area contributed by atoms with Crippen molar-refractivity contribution in [1.29, 1.82) is 0 Å². The number of hydrogen-bond donors (Lipinski definition) is 2. The molecule has 5 heteroatoms. The summed E-state index contributed by atoms with van der Waals surface area (Å²) in [4.78, 5) is 6.96. The maximum atomic E-state index is 9.76. The van der Waals surface area contributed by atoms with Gasteiger partial charge in [0.25, 0.3) is 0 Å². The van der Waals surface area contributed by atoms with Crippen LogP contribution in [0, 0.1) is 0 Å². The molecule has 2 heterocycles. The minimum Gasteiger partial charge on any atom is -0.457 e. The Morgan fingerprint density at radius 2 is 2.50 bits per heavy atom. The molecule has 0 saturated carbocycles. The summed E-state index contributed by atoms with van der Waals surface area (Å²) in [6.07, 6.45) is 4.79. The average Bonchev–Trinajstić information content (AvgIpc) is 2.75. The van der Waals surface area contributed by atoms with Gasteiger partial charge in [0.15, 0.2) is 4.67 Å². The van der Waals surface area contributed by atoms with E-state index in [-0.39, 0.29) is 0 Å². The summed E-state index contributed by atoms with van der Waals surface area (Å²) in [5, 5.41) is 9.76. The van der Waals surface area contributed by atoms with E-state index < -0.39 is 6.10 Å². The smallest absolute Gasteiger partial charge is 0.169 e. The lowest BCUT2D eigenvalue weighted by Gasteiger charge is -2.04. The molecular weight excluding hydrogens is 248 g/mol. The summed E-state index contributed by atoms with van der Waals surface area (Å²) in [7, 11) is 0. The highest BCUT2D eigenvalue weighted by Gasteiger charge is 2.12. The van der Waals surface area contributed by atoms with E-state index in [4.69, 9.17) is 4.42 Å². The van der Waals surface area contributed by atoms with E-state index in [1.807, 2.05) is 0 Å². The molecule has 0 saturated heterocycles. The van der Waals surface area contributed by atoms with Crippen molar-refractivity contribution in [2.75, 3.05) is 0 Å². The summed E-state index contributed by atoms with van der Waals surface area (Å²) in [6, 6.07) is 1.74. The third-order valence-electron chi connectivity index (χ3n) is 1.91. The minimum absolute atomic E-state index is 0.457. The van der Waals surface area contributed by atoms with Gasteiger partial charge in [-0.1, -0.05) is 0 Å². The van der Waals surface area contributed by atoms with Gasteiger partial charge in [0.1, 0.15) is 5.82 Å². The first-order chi connectivity index (χ1) is 6.75. The quantitative estimate of drug-likeness (QED) is 0.884. The molecule has 0 spiro atoms. The zero-order chi connectivity index (χ0) is 9.97. The molecule has 0 radical (unpaired) electrons. The van der Waals surface area contributed by atoms with Crippen LogP contribution in [-0.4, -0.2) is 15.1 Å². The van der Waals surface area contributed by atoms with Crippen molar-refractivity contribution in [1.82, 2.24) is 9.97 Å². The van der Waals surface area contributed by atoms with Crippen LogP contribution in [0.25, 0.3) is 0 Å². The molecule has 0 fully saturated rings. The zero-order valence-corrected chi connectivity index (χ0v) is 8.86. The Bertz CT molecular complexity index is 397. The number of nitrogens with zero attached hydrogens (tertiary/aromatic N) is 1. The molecule has 14 heavy (non-hydrogen) atoms. The largest absolute Gasteiger partial charge is 0.457 e. The van der Waals surface area contributed by atoms with Crippen molar-refractivity contribution in [3.63, 3.8) is 0 Å². The van der Waals surface area contributed by atoms with Crippen molar-refractivity contribution in [2.45, 2.75) is 12.5 Å². The first-order valence-corrected chi connectivity index (χ1v) is 4.95. The van der Waals surface area contributed by atoms with Gasteiger partial charge in [-0.3, -0.25) is 0 Å². The second-order valence-corrected chi connectivity index (χ2v) is 3.72. The number of aliphatic hydroxyl groups is 1. The van der Waals surface area contributed by atoms with Gasteiger partial charge in [0, 0.05) is 24.4 Å². The van der Waals surface area contributed by atoms with Crippen molar-refractivity contribution < 1.29 is 9.52 Å². The van der Waals surface area contributed by atoms with Crippen LogP contribution in [0.15, 0.2) is 33.8 Å². The van der Waals surface area contributed by atoms with Crippen molar-refractivity contribution in [3.05, 3.63) is 40.8 Å². The van der Waals surface area contributed by atoms with Crippen LogP contribution in [0.1, 0.15) is 17.5 Å². The SMILES string of the molecule is OC(Cc1ncc[nH]1)c1coc(Br)c1. The van der Waals surface area contributed by atoms with E-state index in [1.165, 1.54) is 6.26 Å². The van der Waals surface area contributed by atoms with Gasteiger partial charge in [0.05, 0.1) is 12.4 Å². The number of aliphatic hydroxyl groups excluding tert-OH is 1. The van der Waals surface area contributed by atoms with E-state index in [1.54, 1.807) is 18.5 Å². The number of aromatic nitrogens is 2. The third kappa shape index (κ3) is 2.05. The maximum Gasteiger partial charge on any atom is 0.169 e. The van der Waals surface area contributed by atoms with Crippen LogP contribution in [-0.2, 0) is 6.42 Å². The molecule has 74 valence electrons. The van der Waals surface area contributed by atoms with Gasteiger partial charge in [-0.2, -0.15) is 0 Å². The highest BCUT2D eigenvalue weighted by Crippen LogP contribution is 2.22. The fourth-order valence-corrected chi connectivity index (χ4v) is 1.57. The number of rotatable bonds is 3. The van der Waals surface area contributed by atoms with Crippen LogP contribution >= 0.6 is 15.9 Å². The van der Waals surface area contributed by atoms with Gasteiger partial charge in [-0.25, -0.2) is 4.98 Å². The molecule has 4 nitrogen and oxygen atoms in total. The number of imidazole rings is 1. The number of aromatic amines is 1. The fourth-order valence-electron chi connectivity index (χ4n) is 1.21. The number of furan rings is 1. The summed E-state index contributed by atoms with van der Waals surface area (Å²) >= 11 is 3.18. The Balaban J connectivity index is 2.06. The van der Waals surface area contributed by atoms with E-state index in [0.29, 0.717) is 11.1 Å². The van der Waals surface area contributed by atoms with Gasteiger partial charge >= 0.3 is 0 Å². The molecule has 0 aliphatic heterocycles. The van der Waals surface area contributed by atoms with Gasteiger partial charge in [0.2, 0.25) is 0 Å². The van der Waals surface area contributed by atoms with E-state index in [2.05, 4.69) is 25.9 Å². The van der Waals surface area contributed by atoms with Crippen molar-refractivity contribution in [3.8, 4) is 0 Å². The van der Waals surface area contributed by atoms with Crippen LogP contribution in [0.2, 0.25) is 0 Å². The molecule has 1 unspecified atom stereocenters. The Labute approximate surface area is 89.1 Å². The molecule has 1 atom stereocenters. The average molecular weight is 257 g/mol. The molecule has 2 rings (SSSR count). The monoisotopic (exact) mass is 256 g/mol. The van der Waals surface area contributed by atoms with Crippen molar-refractivity contribution in [2.24, 2.45) is 0 Å². The predicted octanol–water partition coefficient (Wildman–Crippen LogP) is 2.04. The molecule has 0 aliphatic carbocycles. The molecule has 0 bridgehead atoms. The van der Waals surface area contributed by atoms with Crippen LogP contribution in [0.5, 0.6) is 0 Å². The molecule has 2 N–H and O–H groups in total. The standard InChI is InChI=1S/C9H9BrN2O2/c10-8-3-6(5-14-8)7(13)4-9-11-1-2-12-9/h1-3,5,7,13H,4H2,(H,11,12). The lowest BCUT2D eigenvalue weighted by atomic mass is 10.1. The highest BCUT2D eigenvalue weighted by atomic mass is 79.9. The maximum absolute atomic E-state index is 9.76. The third-order valence-corrected chi connectivity index (χ3v) is 2.33. The summed E-state index contributed by atoms with van der Waals surface area (Å²) in [5.41, 5.74) is 0.744. The second-order valence-electron chi connectivity index (χ2n) is 2.94. The summed E-state index contributed by atoms with van der Waals surface area (Å²) in [5.74, 6) is 0.759. The Morgan fingerprint density at radius 3 is 3.07 bits per heavy atom. The highest BCUT2D eigenvalue weighted by molar-refractivity contribution is 9.10. The Hall–Kier alpha value is -1.07. The number of hydrogen-bond acceptors (Lipinski definition) is 3. The van der Waals surface area contributed by atoms with Crippen molar-refractivity contribution >= 4 is 15.9 Å². The molecule has 0 aromatic carbocycles. The fraction of sp³-hybridized carbons (Fsp3) is 0.222. The number of nitrogens with one attached hydrogen (secondary N) is 1. The summed E-state index contributed by atoms with van der Waals surface area (Å²) in [6.45, 7) is 0. The Kier molecular flexibility index (Phi) is 2.69. The number of H-pyrrole nitrogens is 1. The first kappa shape index (κ1) is 9.48. The summed E-state index contributed by atoms with van der Waals surface area (Å²) < 4.78 is 5.65. The minimum atomic E-state index is -0.587. The first-order valence-electron chi connectivity index (χ1n) is 4.16. The van der Waals surface area contributed by atoms with Gasteiger partial charge in [-0.15, -0.1) is 0 Å². The van der Waals surface area contributed by atoms with E-state index in [9.17, 15) is 5.11 Å². The lowest BCUT2D eigenvalue weighted by Crippen LogP contribution is -2.01. The normalized spacial score (nSPS) is 13.0.